The van der Waals surface area contributed by atoms with E-state index in [1.807, 2.05) is 12.1 Å². The van der Waals surface area contributed by atoms with Crippen LogP contribution >= 0.6 is 0 Å². The molecule has 3 aromatic heterocycles. The molecule has 7 nitrogen and oxygen atoms in total. The number of nitrogens with zero attached hydrogens (tertiary/aromatic N) is 6. The van der Waals surface area contributed by atoms with Crippen molar-refractivity contribution in [1.82, 2.24) is 24.7 Å². The van der Waals surface area contributed by atoms with Crippen molar-refractivity contribution >= 4 is 5.82 Å². The van der Waals surface area contributed by atoms with E-state index in [0.29, 0.717) is 12.5 Å². The highest BCUT2D eigenvalue weighted by Crippen LogP contribution is 2.32. The molecule has 0 saturated carbocycles. The summed E-state index contributed by atoms with van der Waals surface area (Å²) < 4.78 is 1.59. The number of aromatic nitrogens is 5. The zero-order valence-electron chi connectivity index (χ0n) is 15.0. The van der Waals surface area contributed by atoms with Crippen molar-refractivity contribution in [3.63, 3.8) is 0 Å². The van der Waals surface area contributed by atoms with Crippen LogP contribution in [-0.4, -0.2) is 37.8 Å². The predicted octanol–water partition coefficient (Wildman–Crippen LogP) is 1.72. The Morgan fingerprint density at radius 3 is 2.74 bits per heavy atom. The molecule has 0 N–H and O–H groups in total. The SMILES string of the molecule is O=c1ccc(-c2ccncc2)nn1CC1CN(c2ncnc3c2CCC3)C1. The molecular formula is C20H20N6O. The maximum atomic E-state index is 12.2. The van der Waals surface area contributed by atoms with Crippen LogP contribution in [0.4, 0.5) is 5.82 Å². The van der Waals surface area contributed by atoms with Gasteiger partial charge in [-0.05, 0) is 37.5 Å². The molecule has 1 saturated heterocycles. The molecule has 1 aliphatic carbocycles. The number of aryl methyl sites for hydroxylation is 1. The monoisotopic (exact) mass is 360 g/mol. The second kappa shape index (κ2) is 6.57. The number of fused-ring (bicyclic) bond motifs is 1. The van der Waals surface area contributed by atoms with E-state index in [1.54, 1.807) is 35.5 Å². The van der Waals surface area contributed by atoms with Crippen molar-refractivity contribution in [2.24, 2.45) is 5.92 Å². The maximum Gasteiger partial charge on any atom is 0.266 e. The number of pyridine rings is 1. The first-order chi connectivity index (χ1) is 13.3. The quantitative estimate of drug-likeness (QED) is 0.705. The third kappa shape index (κ3) is 2.99. The van der Waals surface area contributed by atoms with Gasteiger partial charge in [0, 0.05) is 54.3 Å². The molecule has 0 radical (unpaired) electrons. The topological polar surface area (TPSA) is 76.8 Å². The molecule has 5 rings (SSSR count). The number of hydrogen-bond donors (Lipinski definition) is 0. The molecule has 2 aliphatic rings. The average Bonchev–Trinajstić information content (AvgIpc) is 3.15. The van der Waals surface area contributed by atoms with E-state index < -0.39 is 0 Å². The van der Waals surface area contributed by atoms with Gasteiger partial charge in [-0.15, -0.1) is 0 Å². The van der Waals surface area contributed by atoms with Crippen molar-refractivity contribution < 1.29 is 0 Å². The molecule has 136 valence electrons. The smallest absolute Gasteiger partial charge is 0.266 e. The normalized spacial score (nSPS) is 16.2. The zero-order chi connectivity index (χ0) is 18.2. The van der Waals surface area contributed by atoms with E-state index in [0.717, 1.165) is 43.0 Å². The van der Waals surface area contributed by atoms with Crippen molar-refractivity contribution in [1.29, 1.82) is 0 Å². The van der Waals surface area contributed by atoms with Gasteiger partial charge >= 0.3 is 0 Å². The Bertz CT molecular complexity index is 1030. The summed E-state index contributed by atoms with van der Waals surface area (Å²) in [6.07, 6.45) is 8.44. The fourth-order valence-electron chi connectivity index (χ4n) is 3.97. The van der Waals surface area contributed by atoms with Gasteiger partial charge in [-0.25, -0.2) is 14.6 Å². The Hall–Kier alpha value is -3.09. The molecule has 0 unspecified atom stereocenters. The average molecular weight is 360 g/mol. The minimum atomic E-state index is -0.0609. The molecule has 3 aromatic rings. The summed E-state index contributed by atoms with van der Waals surface area (Å²) in [5, 5.41) is 4.55. The third-order valence-electron chi connectivity index (χ3n) is 5.38. The lowest BCUT2D eigenvalue weighted by Gasteiger charge is -2.40. The summed E-state index contributed by atoms with van der Waals surface area (Å²) in [6, 6.07) is 7.16. The molecule has 4 heterocycles. The zero-order valence-corrected chi connectivity index (χ0v) is 15.0. The van der Waals surface area contributed by atoms with Crippen LogP contribution in [0.1, 0.15) is 17.7 Å². The van der Waals surface area contributed by atoms with Gasteiger partial charge in [0.1, 0.15) is 12.1 Å². The number of hydrogen-bond acceptors (Lipinski definition) is 6. The Morgan fingerprint density at radius 1 is 1.04 bits per heavy atom. The largest absolute Gasteiger partial charge is 0.355 e. The Labute approximate surface area is 156 Å². The van der Waals surface area contributed by atoms with E-state index in [9.17, 15) is 4.79 Å². The van der Waals surface area contributed by atoms with E-state index >= 15 is 0 Å². The van der Waals surface area contributed by atoms with Crippen LogP contribution in [0, 0.1) is 5.92 Å². The summed E-state index contributed by atoms with van der Waals surface area (Å²) >= 11 is 0. The lowest BCUT2D eigenvalue weighted by Crippen LogP contribution is -2.50. The molecule has 0 atom stereocenters. The lowest BCUT2D eigenvalue weighted by molar-refractivity contribution is 0.333. The summed E-state index contributed by atoms with van der Waals surface area (Å²) in [7, 11) is 0. The van der Waals surface area contributed by atoms with Crippen LogP contribution in [0.25, 0.3) is 11.3 Å². The van der Waals surface area contributed by atoms with E-state index in [1.165, 1.54) is 17.7 Å². The maximum absolute atomic E-state index is 12.2. The van der Waals surface area contributed by atoms with Gasteiger partial charge < -0.3 is 4.90 Å². The van der Waals surface area contributed by atoms with E-state index in [-0.39, 0.29) is 5.56 Å². The first-order valence-electron chi connectivity index (χ1n) is 9.34. The summed E-state index contributed by atoms with van der Waals surface area (Å²) in [5.41, 5.74) is 4.21. The number of anilines is 1. The molecule has 1 fully saturated rings. The van der Waals surface area contributed by atoms with Gasteiger partial charge in [0.25, 0.3) is 5.56 Å². The Morgan fingerprint density at radius 2 is 1.89 bits per heavy atom. The fraction of sp³-hybridized carbons (Fsp3) is 0.350. The highest BCUT2D eigenvalue weighted by atomic mass is 16.1. The van der Waals surface area contributed by atoms with Crippen LogP contribution in [0.3, 0.4) is 0 Å². The van der Waals surface area contributed by atoms with Gasteiger partial charge in [-0.2, -0.15) is 5.10 Å². The standard InChI is InChI=1S/C20H20N6O/c27-19-5-4-17(15-6-8-21-9-7-15)24-26(19)12-14-10-25(11-14)20-16-2-1-3-18(16)22-13-23-20/h4-9,13-14H,1-3,10-12H2. The Kier molecular flexibility index (Phi) is 3.92. The van der Waals surface area contributed by atoms with E-state index in [4.69, 9.17) is 0 Å². The fourth-order valence-corrected chi connectivity index (χ4v) is 3.97. The van der Waals surface area contributed by atoms with Crippen molar-refractivity contribution in [2.45, 2.75) is 25.8 Å². The van der Waals surface area contributed by atoms with Crippen LogP contribution in [0.2, 0.25) is 0 Å². The highest BCUT2D eigenvalue weighted by Gasteiger charge is 2.31. The summed E-state index contributed by atoms with van der Waals surface area (Å²) in [5.74, 6) is 1.48. The van der Waals surface area contributed by atoms with Gasteiger partial charge in [-0.1, -0.05) is 0 Å². The van der Waals surface area contributed by atoms with Crippen molar-refractivity contribution in [3.8, 4) is 11.3 Å². The second-order valence-electron chi connectivity index (χ2n) is 7.22. The lowest BCUT2D eigenvalue weighted by atomic mass is 9.99. The van der Waals surface area contributed by atoms with Gasteiger partial charge in [-0.3, -0.25) is 9.78 Å². The summed E-state index contributed by atoms with van der Waals surface area (Å²) in [4.78, 5) is 27.5. The third-order valence-corrected chi connectivity index (χ3v) is 5.38. The van der Waals surface area contributed by atoms with E-state index in [2.05, 4.69) is 25.0 Å². The molecule has 27 heavy (non-hydrogen) atoms. The molecule has 7 heteroatoms. The van der Waals surface area contributed by atoms with Crippen LogP contribution in [-0.2, 0) is 19.4 Å². The van der Waals surface area contributed by atoms with Gasteiger partial charge in [0.2, 0.25) is 0 Å². The summed E-state index contributed by atoms with van der Waals surface area (Å²) in [6.45, 7) is 2.43. The molecule has 0 aromatic carbocycles. The predicted molar refractivity (Wildman–Crippen MR) is 101 cm³/mol. The van der Waals surface area contributed by atoms with Crippen LogP contribution in [0.5, 0.6) is 0 Å². The molecule has 0 spiro atoms. The first-order valence-corrected chi connectivity index (χ1v) is 9.34. The van der Waals surface area contributed by atoms with Crippen molar-refractivity contribution in [2.75, 3.05) is 18.0 Å². The molecule has 1 aliphatic heterocycles. The van der Waals surface area contributed by atoms with Crippen LogP contribution in [0.15, 0.2) is 47.8 Å². The van der Waals surface area contributed by atoms with Crippen LogP contribution < -0.4 is 10.5 Å². The molecule has 0 bridgehead atoms. The minimum Gasteiger partial charge on any atom is -0.355 e. The number of rotatable bonds is 4. The second-order valence-corrected chi connectivity index (χ2v) is 7.22. The van der Waals surface area contributed by atoms with Gasteiger partial charge in [0.05, 0.1) is 12.2 Å². The minimum absolute atomic E-state index is 0.0609. The van der Waals surface area contributed by atoms with Crippen molar-refractivity contribution in [3.05, 3.63) is 64.6 Å². The first kappa shape index (κ1) is 16.1. The highest BCUT2D eigenvalue weighted by molar-refractivity contribution is 5.57. The molecular weight excluding hydrogens is 340 g/mol. The van der Waals surface area contributed by atoms with Gasteiger partial charge in [0.15, 0.2) is 0 Å². The molecule has 0 amide bonds. The Balaban J connectivity index is 1.31.